The van der Waals surface area contributed by atoms with Gasteiger partial charge in [-0.05, 0) is 30.3 Å². The Morgan fingerprint density at radius 1 is 1.23 bits per heavy atom. The summed E-state index contributed by atoms with van der Waals surface area (Å²) in [7, 11) is -2.29. The zero-order chi connectivity index (χ0) is 19.5. The number of carbonyl (C=O) groups excluding carboxylic acids is 1. The summed E-state index contributed by atoms with van der Waals surface area (Å²) in [5, 5.41) is 2.75. The van der Waals surface area contributed by atoms with Crippen LogP contribution in [0.4, 0.5) is 29.1 Å². The van der Waals surface area contributed by atoms with E-state index < -0.39 is 40.1 Å². The van der Waals surface area contributed by atoms with Crippen molar-refractivity contribution in [2.24, 2.45) is 0 Å². The van der Waals surface area contributed by atoms with Crippen molar-refractivity contribution in [3.05, 3.63) is 53.5 Å². The van der Waals surface area contributed by atoms with Crippen molar-refractivity contribution >= 4 is 28.4 Å². The Morgan fingerprint density at radius 2 is 1.85 bits per heavy atom. The Hall–Kier alpha value is -2.73. The lowest BCUT2D eigenvalue weighted by Gasteiger charge is -2.19. The van der Waals surface area contributed by atoms with Crippen LogP contribution in [-0.4, -0.2) is 26.4 Å². The van der Waals surface area contributed by atoms with Gasteiger partial charge in [0.15, 0.2) is 5.82 Å². The van der Waals surface area contributed by atoms with Crippen molar-refractivity contribution in [3.63, 3.8) is 0 Å². The molecule has 1 N–H and O–H groups in total. The highest BCUT2D eigenvalue weighted by atomic mass is 32.2. The molecule has 2 rings (SSSR count). The lowest BCUT2D eigenvalue weighted by molar-refractivity contribution is -0.137. The molecule has 1 aromatic heterocycles. The number of benzene rings is 1. The van der Waals surface area contributed by atoms with Crippen molar-refractivity contribution in [2.45, 2.75) is 6.18 Å². The van der Waals surface area contributed by atoms with Gasteiger partial charge >= 0.3 is 6.18 Å². The minimum absolute atomic E-state index is 0.0340. The second kappa shape index (κ2) is 7.66. The van der Waals surface area contributed by atoms with Crippen LogP contribution in [-0.2, 0) is 21.4 Å². The number of carbonyl (C=O) groups is 1. The minimum Gasteiger partial charge on any atom is -0.319 e. The summed E-state index contributed by atoms with van der Waals surface area (Å²) >= 11 is 0. The number of alkyl halides is 3. The summed E-state index contributed by atoms with van der Waals surface area (Å²) in [5.41, 5.74) is -1.66. The smallest absolute Gasteiger partial charge is 0.319 e. The third-order valence-corrected chi connectivity index (χ3v) is 3.41. The number of rotatable bonds is 5. The Bertz CT molecular complexity index is 877. The molecule has 140 valence electrons. The van der Waals surface area contributed by atoms with Crippen molar-refractivity contribution in [1.82, 2.24) is 4.98 Å². The number of hydrogen-bond acceptors (Lipinski definition) is 6. The summed E-state index contributed by atoms with van der Waals surface area (Å²) in [6.45, 7) is 0. The highest BCUT2D eigenvalue weighted by molar-refractivity contribution is 7.67. The molecule has 1 heterocycles. The van der Waals surface area contributed by atoms with Crippen LogP contribution in [0.3, 0.4) is 0 Å². The van der Waals surface area contributed by atoms with Gasteiger partial charge < -0.3 is 5.32 Å². The van der Waals surface area contributed by atoms with Crippen molar-refractivity contribution in [1.29, 1.82) is 0 Å². The molecule has 0 atom stereocenters. The number of hydroxylamine groups is 1. The van der Waals surface area contributed by atoms with Crippen LogP contribution in [0.1, 0.15) is 15.9 Å². The van der Waals surface area contributed by atoms with Gasteiger partial charge in [-0.3, -0.25) is 4.79 Å². The van der Waals surface area contributed by atoms with E-state index in [0.29, 0.717) is 17.3 Å². The lowest BCUT2D eigenvalue weighted by atomic mass is 10.2. The van der Waals surface area contributed by atoms with E-state index in [1.165, 1.54) is 0 Å². The van der Waals surface area contributed by atoms with Gasteiger partial charge in [0.1, 0.15) is 5.82 Å². The number of pyridine rings is 1. The van der Waals surface area contributed by atoms with E-state index in [9.17, 15) is 30.8 Å². The van der Waals surface area contributed by atoms with E-state index in [4.69, 9.17) is 0 Å². The fourth-order valence-corrected chi connectivity index (χ4v) is 2.17. The normalized spacial score (nSPS) is 11.5. The highest BCUT2D eigenvalue weighted by Gasteiger charge is 2.32. The highest BCUT2D eigenvalue weighted by Crippen LogP contribution is 2.33. The van der Waals surface area contributed by atoms with Crippen LogP contribution in [0.2, 0.25) is 0 Å². The largest absolute Gasteiger partial charge is 0.417 e. The number of nitrogens with zero attached hydrogens (tertiary/aromatic N) is 2. The topological polar surface area (TPSA) is 88.6 Å². The molecular weight excluding hydrogens is 382 g/mol. The zero-order valence-electron chi connectivity index (χ0n) is 13.0. The van der Waals surface area contributed by atoms with E-state index in [0.717, 1.165) is 31.3 Å². The molecule has 0 saturated carbocycles. The van der Waals surface area contributed by atoms with Gasteiger partial charge in [-0.2, -0.15) is 13.2 Å². The first kappa shape index (κ1) is 19.6. The number of hydrogen-bond donors (Lipinski definition) is 2. The molecule has 7 nitrogen and oxygen atoms in total. The number of halogens is 4. The standard InChI is InChI=1S/C14H11F4N3O4S/c1-21(25-26(23)24)12-11(6-9(7-19-12)14(16,17)18)20-13(22)8-2-4-10(15)5-3-8/h2-7,26H,1H3,(H,20,22). The summed E-state index contributed by atoms with van der Waals surface area (Å²) in [6.07, 6.45) is -4.29. The summed E-state index contributed by atoms with van der Waals surface area (Å²) in [4.78, 5) is 15.7. The maximum Gasteiger partial charge on any atom is 0.417 e. The molecule has 0 bridgehead atoms. The second-order valence-corrected chi connectivity index (χ2v) is 5.47. The zero-order valence-corrected chi connectivity index (χ0v) is 13.8. The van der Waals surface area contributed by atoms with Crippen LogP contribution in [0.15, 0.2) is 36.5 Å². The molecule has 0 aliphatic rings. The first-order valence-corrected chi connectivity index (χ1v) is 7.88. The SMILES string of the molecule is CN(O[SH](=O)=O)c1ncc(C(F)(F)F)cc1NC(=O)c1ccc(F)cc1. The summed E-state index contributed by atoms with van der Waals surface area (Å²) < 4.78 is 77.2. The molecule has 0 aliphatic carbocycles. The Morgan fingerprint density at radius 3 is 2.38 bits per heavy atom. The molecule has 1 aromatic carbocycles. The van der Waals surface area contributed by atoms with Gasteiger partial charge in [-0.25, -0.2) is 22.9 Å². The summed E-state index contributed by atoms with van der Waals surface area (Å²) in [6, 6.07) is 4.82. The number of nitrogens with one attached hydrogen (secondary N) is 1. The van der Waals surface area contributed by atoms with Crippen LogP contribution in [0.5, 0.6) is 0 Å². The molecule has 26 heavy (non-hydrogen) atoms. The lowest BCUT2D eigenvalue weighted by Crippen LogP contribution is -2.22. The monoisotopic (exact) mass is 393 g/mol. The number of aromatic nitrogens is 1. The van der Waals surface area contributed by atoms with E-state index in [2.05, 4.69) is 14.6 Å². The number of thiol groups is 1. The summed E-state index contributed by atoms with van der Waals surface area (Å²) in [5.74, 6) is -1.84. The van der Waals surface area contributed by atoms with Gasteiger partial charge in [0.25, 0.3) is 16.9 Å². The van der Waals surface area contributed by atoms with E-state index in [-0.39, 0.29) is 11.4 Å². The Balaban J connectivity index is 2.41. The van der Waals surface area contributed by atoms with E-state index >= 15 is 0 Å². The average molecular weight is 393 g/mol. The van der Waals surface area contributed by atoms with Crippen molar-refractivity contribution in [2.75, 3.05) is 17.4 Å². The minimum atomic E-state index is -4.75. The molecule has 12 heteroatoms. The molecule has 0 saturated heterocycles. The fraction of sp³-hybridized carbons (Fsp3) is 0.143. The van der Waals surface area contributed by atoms with Gasteiger partial charge in [-0.1, -0.05) is 0 Å². The fourth-order valence-electron chi connectivity index (χ4n) is 1.89. The first-order chi connectivity index (χ1) is 12.1. The van der Waals surface area contributed by atoms with Gasteiger partial charge in [0.2, 0.25) is 0 Å². The molecule has 2 aromatic rings. The molecule has 0 radical (unpaired) electrons. The van der Waals surface area contributed by atoms with Gasteiger partial charge in [0.05, 0.1) is 11.3 Å². The average Bonchev–Trinajstić information content (AvgIpc) is 2.53. The maximum absolute atomic E-state index is 12.9. The number of amides is 1. The first-order valence-electron chi connectivity index (χ1n) is 6.78. The third-order valence-electron chi connectivity index (χ3n) is 3.04. The van der Waals surface area contributed by atoms with Crippen LogP contribution >= 0.6 is 0 Å². The molecular formula is C14H11F4N3O4S. The quantitative estimate of drug-likeness (QED) is 0.461. The van der Waals surface area contributed by atoms with Crippen molar-refractivity contribution in [3.8, 4) is 0 Å². The number of anilines is 2. The predicted molar refractivity (Wildman–Crippen MR) is 83.4 cm³/mol. The molecule has 0 unspecified atom stereocenters. The second-order valence-electron chi connectivity index (χ2n) is 4.86. The van der Waals surface area contributed by atoms with Gasteiger partial charge in [0, 0.05) is 18.8 Å². The van der Waals surface area contributed by atoms with E-state index in [1.807, 2.05) is 0 Å². The molecule has 0 aliphatic heterocycles. The van der Waals surface area contributed by atoms with E-state index in [1.54, 1.807) is 0 Å². The van der Waals surface area contributed by atoms with Gasteiger partial charge in [-0.15, -0.1) is 4.28 Å². The van der Waals surface area contributed by atoms with Crippen molar-refractivity contribution < 1.29 is 35.1 Å². The molecule has 1 amide bonds. The third kappa shape index (κ3) is 4.89. The molecule has 0 fully saturated rings. The maximum atomic E-state index is 12.9. The van der Waals surface area contributed by atoms with Crippen LogP contribution < -0.4 is 10.4 Å². The Kier molecular flexibility index (Phi) is 5.77. The van der Waals surface area contributed by atoms with Crippen LogP contribution in [0, 0.1) is 5.82 Å². The Labute approximate surface area is 146 Å². The molecule has 0 spiro atoms. The predicted octanol–water partition coefficient (Wildman–Crippen LogP) is 2.39. The van der Waals surface area contributed by atoms with Crippen LogP contribution in [0.25, 0.3) is 0 Å².